The number of hydrogen-bond acceptors (Lipinski definition) is 3. The van der Waals surface area contributed by atoms with E-state index in [1.54, 1.807) is 35.7 Å². The lowest BCUT2D eigenvalue weighted by Crippen LogP contribution is -2.22. The molecule has 0 aliphatic carbocycles. The lowest BCUT2D eigenvalue weighted by atomic mass is 9.92. The van der Waals surface area contributed by atoms with Gasteiger partial charge in [-0.05, 0) is 35.7 Å². The minimum absolute atomic E-state index is 0.310. The number of halogens is 1. The van der Waals surface area contributed by atoms with E-state index in [1.165, 1.54) is 15.3 Å². The molecule has 0 aliphatic heterocycles. The van der Waals surface area contributed by atoms with Crippen LogP contribution in [-0.4, -0.2) is 12.4 Å². The van der Waals surface area contributed by atoms with Gasteiger partial charge >= 0.3 is 0 Å². The van der Waals surface area contributed by atoms with E-state index in [0.717, 1.165) is 11.1 Å². The second-order valence-electron chi connectivity index (χ2n) is 6.18. The van der Waals surface area contributed by atoms with Crippen LogP contribution in [0.2, 0.25) is 5.02 Å². The zero-order valence-electron chi connectivity index (χ0n) is 12.5. The van der Waals surface area contributed by atoms with Crippen molar-refractivity contribution in [1.29, 1.82) is 0 Å². The maximum atomic E-state index is 13.1. The SMILES string of the molecule is CC(C)(C)c1cc2cc(Cl)ccc2n1S(=O)(=O)c1cccs1. The zero-order chi connectivity index (χ0) is 16.1. The molecule has 1 aromatic carbocycles. The van der Waals surface area contributed by atoms with Crippen molar-refractivity contribution in [3.05, 3.63) is 52.5 Å². The van der Waals surface area contributed by atoms with Crippen molar-refractivity contribution in [2.24, 2.45) is 0 Å². The highest BCUT2D eigenvalue weighted by atomic mass is 35.5. The first-order valence-corrected chi connectivity index (χ1v) is 9.51. The van der Waals surface area contributed by atoms with Crippen molar-refractivity contribution in [3.63, 3.8) is 0 Å². The summed E-state index contributed by atoms with van der Waals surface area (Å²) in [7, 11) is -3.61. The van der Waals surface area contributed by atoms with E-state index in [4.69, 9.17) is 11.6 Å². The fourth-order valence-corrected chi connectivity index (χ4v) is 5.39. The second-order valence-corrected chi connectivity index (χ2v) is 9.58. The van der Waals surface area contributed by atoms with Crippen LogP contribution in [0.1, 0.15) is 26.5 Å². The Hall–Kier alpha value is -1.30. The summed E-state index contributed by atoms with van der Waals surface area (Å²) < 4.78 is 27.9. The first-order valence-electron chi connectivity index (χ1n) is 6.82. The summed E-state index contributed by atoms with van der Waals surface area (Å²) in [6.45, 7) is 6.01. The summed E-state index contributed by atoms with van der Waals surface area (Å²) in [5, 5.41) is 3.20. The molecule has 2 aromatic heterocycles. The molecular formula is C16H16ClNO2S2. The minimum Gasteiger partial charge on any atom is -0.237 e. The van der Waals surface area contributed by atoms with E-state index < -0.39 is 10.0 Å². The van der Waals surface area contributed by atoms with E-state index in [2.05, 4.69) is 0 Å². The maximum Gasteiger partial charge on any atom is 0.277 e. The van der Waals surface area contributed by atoms with Crippen LogP contribution in [0.4, 0.5) is 0 Å². The monoisotopic (exact) mass is 353 g/mol. The molecule has 0 fully saturated rings. The quantitative estimate of drug-likeness (QED) is 0.657. The average Bonchev–Trinajstić information content (AvgIpc) is 3.04. The summed E-state index contributed by atoms with van der Waals surface area (Å²) in [6.07, 6.45) is 0. The lowest BCUT2D eigenvalue weighted by molar-refractivity contribution is 0.548. The van der Waals surface area contributed by atoms with Crippen molar-refractivity contribution in [1.82, 2.24) is 3.97 Å². The maximum absolute atomic E-state index is 13.1. The van der Waals surface area contributed by atoms with Gasteiger partial charge in [0.15, 0.2) is 0 Å². The Balaban J connectivity index is 2.42. The fraction of sp³-hybridized carbons (Fsp3) is 0.250. The van der Waals surface area contributed by atoms with Crippen molar-refractivity contribution in [2.75, 3.05) is 0 Å². The summed E-state index contributed by atoms with van der Waals surface area (Å²) >= 11 is 7.28. The van der Waals surface area contributed by atoms with Gasteiger partial charge < -0.3 is 0 Å². The standard InChI is InChI=1S/C16H16ClNO2S2/c1-16(2,3)14-10-11-9-12(17)6-7-13(11)18(14)22(19,20)15-5-4-8-21-15/h4-10H,1-3H3. The van der Waals surface area contributed by atoms with Crippen molar-refractivity contribution in [2.45, 2.75) is 30.4 Å². The third kappa shape index (κ3) is 2.47. The molecule has 22 heavy (non-hydrogen) atoms. The van der Waals surface area contributed by atoms with Gasteiger partial charge in [-0.25, -0.2) is 3.97 Å². The van der Waals surface area contributed by atoms with Crippen LogP contribution >= 0.6 is 22.9 Å². The van der Waals surface area contributed by atoms with Crippen LogP contribution in [0.25, 0.3) is 10.9 Å². The molecule has 0 spiro atoms. The van der Waals surface area contributed by atoms with E-state index in [-0.39, 0.29) is 5.41 Å². The van der Waals surface area contributed by atoms with Crippen molar-refractivity contribution in [3.8, 4) is 0 Å². The topological polar surface area (TPSA) is 39.1 Å². The van der Waals surface area contributed by atoms with Gasteiger partial charge in [-0.1, -0.05) is 38.4 Å². The number of rotatable bonds is 2. The van der Waals surface area contributed by atoms with Crippen molar-refractivity contribution >= 4 is 43.9 Å². The molecule has 0 unspecified atom stereocenters. The van der Waals surface area contributed by atoms with Crippen LogP contribution < -0.4 is 0 Å². The molecule has 116 valence electrons. The van der Waals surface area contributed by atoms with Gasteiger partial charge in [-0.2, -0.15) is 8.42 Å². The van der Waals surface area contributed by atoms with Crippen LogP contribution in [0, 0.1) is 0 Å². The number of thiophene rings is 1. The summed E-state index contributed by atoms with van der Waals surface area (Å²) in [5.41, 5.74) is 1.09. The van der Waals surface area contributed by atoms with Gasteiger partial charge in [0.25, 0.3) is 10.0 Å². The molecule has 0 atom stereocenters. The van der Waals surface area contributed by atoms with Gasteiger partial charge in [0.2, 0.25) is 0 Å². The fourth-order valence-electron chi connectivity index (χ4n) is 2.44. The lowest BCUT2D eigenvalue weighted by Gasteiger charge is -2.21. The third-order valence-corrected chi connectivity index (χ3v) is 6.81. The molecule has 0 radical (unpaired) electrons. The van der Waals surface area contributed by atoms with Gasteiger partial charge in [0.1, 0.15) is 4.21 Å². The predicted octanol–water partition coefficient (Wildman–Crippen LogP) is 4.89. The van der Waals surface area contributed by atoms with E-state index in [9.17, 15) is 8.42 Å². The molecule has 0 N–H and O–H groups in total. The number of fused-ring (bicyclic) bond motifs is 1. The zero-order valence-corrected chi connectivity index (χ0v) is 14.9. The van der Waals surface area contributed by atoms with Gasteiger partial charge in [-0.3, -0.25) is 0 Å². The molecule has 0 amide bonds. The Morgan fingerprint density at radius 2 is 1.86 bits per heavy atom. The number of benzene rings is 1. The molecule has 3 aromatic rings. The molecule has 3 rings (SSSR count). The first kappa shape index (κ1) is 15.6. The predicted molar refractivity (Wildman–Crippen MR) is 92.6 cm³/mol. The summed E-state index contributed by atoms with van der Waals surface area (Å²) in [6, 6.07) is 10.6. The molecule has 0 saturated carbocycles. The Morgan fingerprint density at radius 1 is 1.14 bits per heavy atom. The van der Waals surface area contributed by atoms with Crippen LogP contribution in [0.15, 0.2) is 46.0 Å². The van der Waals surface area contributed by atoms with E-state index in [0.29, 0.717) is 14.7 Å². The normalized spacial score (nSPS) is 12.9. The Kier molecular flexibility index (Phi) is 3.62. The molecule has 0 bridgehead atoms. The molecule has 0 saturated heterocycles. The van der Waals surface area contributed by atoms with Crippen LogP contribution in [0.3, 0.4) is 0 Å². The van der Waals surface area contributed by atoms with Gasteiger partial charge in [0.05, 0.1) is 5.52 Å². The highest BCUT2D eigenvalue weighted by molar-refractivity contribution is 7.92. The molecular weight excluding hydrogens is 338 g/mol. The minimum atomic E-state index is -3.61. The van der Waals surface area contributed by atoms with Gasteiger partial charge in [0, 0.05) is 21.5 Å². The largest absolute Gasteiger partial charge is 0.277 e. The Labute approximate surface area is 139 Å². The number of nitrogens with zero attached hydrogens (tertiary/aromatic N) is 1. The molecule has 0 aliphatic rings. The number of hydrogen-bond donors (Lipinski definition) is 0. The highest BCUT2D eigenvalue weighted by Gasteiger charge is 2.29. The van der Waals surface area contributed by atoms with E-state index in [1.807, 2.05) is 26.8 Å². The van der Waals surface area contributed by atoms with Crippen LogP contribution in [0.5, 0.6) is 0 Å². The average molecular weight is 354 g/mol. The summed E-state index contributed by atoms with van der Waals surface area (Å²) in [5.74, 6) is 0. The Bertz CT molecular complexity index is 933. The highest BCUT2D eigenvalue weighted by Crippen LogP contribution is 2.34. The van der Waals surface area contributed by atoms with Crippen LogP contribution in [-0.2, 0) is 15.4 Å². The molecule has 3 nitrogen and oxygen atoms in total. The third-order valence-electron chi connectivity index (χ3n) is 3.48. The van der Waals surface area contributed by atoms with Crippen molar-refractivity contribution < 1.29 is 8.42 Å². The number of aromatic nitrogens is 1. The van der Waals surface area contributed by atoms with Gasteiger partial charge in [-0.15, -0.1) is 11.3 Å². The first-order chi connectivity index (χ1) is 10.2. The smallest absolute Gasteiger partial charge is 0.237 e. The Morgan fingerprint density at radius 3 is 2.45 bits per heavy atom. The molecule has 2 heterocycles. The van der Waals surface area contributed by atoms with E-state index >= 15 is 0 Å². The second kappa shape index (κ2) is 5.11. The molecule has 6 heteroatoms. The summed E-state index contributed by atoms with van der Waals surface area (Å²) in [4.78, 5) is 0.